The smallest absolute Gasteiger partial charge is 0.142 e. The molecule has 0 radical (unpaired) electrons. The van der Waals surface area contributed by atoms with Crippen LogP contribution in [-0.2, 0) is 0 Å². The summed E-state index contributed by atoms with van der Waals surface area (Å²) in [5, 5.41) is 3.76. The van der Waals surface area contributed by atoms with Gasteiger partial charge >= 0.3 is 0 Å². The lowest BCUT2D eigenvalue weighted by Gasteiger charge is -2.32. The van der Waals surface area contributed by atoms with Gasteiger partial charge in [0.1, 0.15) is 5.75 Å². The normalized spacial score (nSPS) is 28.4. The van der Waals surface area contributed by atoms with Gasteiger partial charge in [-0.05, 0) is 56.3 Å². The Morgan fingerprint density at radius 3 is 3.00 bits per heavy atom. The maximum Gasteiger partial charge on any atom is 0.142 e. The largest absolute Gasteiger partial charge is 0.491 e. The highest BCUT2D eigenvalue weighted by molar-refractivity contribution is 5.58. The summed E-state index contributed by atoms with van der Waals surface area (Å²) in [6.45, 7) is 8.87. The van der Waals surface area contributed by atoms with Crippen LogP contribution in [0.5, 0.6) is 5.75 Å². The third-order valence-electron chi connectivity index (χ3n) is 4.57. The van der Waals surface area contributed by atoms with E-state index in [1.54, 1.807) is 0 Å². The number of hydrogen-bond acceptors (Lipinski definition) is 3. The van der Waals surface area contributed by atoms with Gasteiger partial charge in [0, 0.05) is 19.1 Å². The zero-order valence-corrected chi connectivity index (χ0v) is 12.7. The summed E-state index contributed by atoms with van der Waals surface area (Å²) in [6, 6.07) is 7.12. The van der Waals surface area contributed by atoms with Crippen LogP contribution in [0.1, 0.15) is 31.7 Å². The number of fused-ring (bicyclic) bond motifs is 2. The Bertz CT molecular complexity index is 460. The molecule has 2 heterocycles. The highest BCUT2D eigenvalue weighted by Crippen LogP contribution is 2.33. The van der Waals surface area contributed by atoms with Crippen molar-refractivity contribution < 1.29 is 4.74 Å². The Hall–Kier alpha value is -1.22. The van der Waals surface area contributed by atoms with Crippen molar-refractivity contribution in [2.45, 2.75) is 39.2 Å². The van der Waals surface area contributed by atoms with Crippen molar-refractivity contribution in [3.8, 4) is 5.75 Å². The van der Waals surface area contributed by atoms with Crippen molar-refractivity contribution in [3.05, 3.63) is 23.8 Å². The van der Waals surface area contributed by atoms with Gasteiger partial charge in [-0.3, -0.25) is 0 Å². The lowest BCUT2D eigenvalue weighted by atomic mass is 9.94. The molecule has 2 bridgehead atoms. The van der Waals surface area contributed by atoms with Crippen LogP contribution in [0.4, 0.5) is 5.69 Å². The number of nitrogens with zero attached hydrogens (tertiary/aromatic N) is 1. The monoisotopic (exact) mass is 274 g/mol. The SMILES string of the molecule is CCCOc1cc(C)ccc1NC1CCN2CCC1C2. The van der Waals surface area contributed by atoms with Gasteiger partial charge in [-0.15, -0.1) is 0 Å². The topological polar surface area (TPSA) is 24.5 Å². The van der Waals surface area contributed by atoms with E-state index in [-0.39, 0.29) is 0 Å². The number of piperidine rings is 1. The van der Waals surface area contributed by atoms with Crippen LogP contribution in [0.25, 0.3) is 0 Å². The molecule has 1 aromatic rings. The molecule has 1 aromatic carbocycles. The van der Waals surface area contributed by atoms with Crippen molar-refractivity contribution in [2.75, 3.05) is 31.6 Å². The van der Waals surface area contributed by atoms with Crippen LogP contribution in [0.3, 0.4) is 0 Å². The van der Waals surface area contributed by atoms with Crippen LogP contribution < -0.4 is 10.1 Å². The lowest BCUT2D eigenvalue weighted by Crippen LogP contribution is -2.39. The van der Waals surface area contributed by atoms with Gasteiger partial charge in [0.2, 0.25) is 0 Å². The van der Waals surface area contributed by atoms with Gasteiger partial charge in [0.25, 0.3) is 0 Å². The quantitative estimate of drug-likeness (QED) is 0.891. The van der Waals surface area contributed by atoms with E-state index in [1.165, 1.54) is 43.7 Å². The van der Waals surface area contributed by atoms with Crippen LogP contribution >= 0.6 is 0 Å². The Kier molecular flexibility index (Phi) is 4.16. The molecule has 2 aliphatic rings. The highest BCUT2D eigenvalue weighted by atomic mass is 16.5. The number of ether oxygens (including phenoxy) is 1. The second-order valence-electron chi connectivity index (χ2n) is 6.24. The molecule has 0 amide bonds. The number of nitrogens with one attached hydrogen (secondary N) is 1. The van der Waals surface area contributed by atoms with Crippen LogP contribution in [0.15, 0.2) is 18.2 Å². The standard InChI is InChI=1S/C17H26N2O/c1-3-10-20-17-11-13(2)4-5-16(17)18-15-7-9-19-8-6-14(15)12-19/h4-5,11,14-15,18H,3,6-10,12H2,1-2H3. The van der Waals surface area contributed by atoms with E-state index in [4.69, 9.17) is 4.74 Å². The van der Waals surface area contributed by atoms with Gasteiger partial charge in [-0.1, -0.05) is 13.0 Å². The van der Waals surface area contributed by atoms with Crippen molar-refractivity contribution in [1.82, 2.24) is 4.90 Å². The van der Waals surface area contributed by atoms with Crippen molar-refractivity contribution in [3.63, 3.8) is 0 Å². The molecule has 20 heavy (non-hydrogen) atoms. The van der Waals surface area contributed by atoms with E-state index in [1.807, 2.05) is 0 Å². The molecule has 0 spiro atoms. The molecule has 3 atom stereocenters. The molecule has 2 aliphatic heterocycles. The average molecular weight is 274 g/mol. The number of anilines is 1. The Balaban J connectivity index is 1.72. The van der Waals surface area contributed by atoms with E-state index >= 15 is 0 Å². The van der Waals surface area contributed by atoms with E-state index in [2.05, 4.69) is 42.3 Å². The molecule has 3 rings (SSSR count). The summed E-state index contributed by atoms with van der Waals surface area (Å²) in [4.78, 5) is 2.59. The maximum absolute atomic E-state index is 5.92. The zero-order chi connectivity index (χ0) is 13.9. The minimum absolute atomic E-state index is 0.612. The van der Waals surface area contributed by atoms with Crippen LogP contribution in [-0.4, -0.2) is 37.2 Å². The molecular weight excluding hydrogens is 248 g/mol. The van der Waals surface area contributed by atoms with Crippen molar-refractivity contribution >= 4 is 5.69 Å². The van der Waals surface area contributed by atoms with Gasteiger partial charge in [-0.25, -0.2) is 0 Å². The molecule has 2 saturated heterocycles. The zero-order valence-electron chi connectivity index (χ0n) is 12.7. The van der Waals surface area contributed by atoms with Gasteiger partial charge in [-0.2, -0.15) is 0 Å². The highest BCUT2D eigenvalue weighted by Gasteiger charge is 2.34. The first-order chi connectivity index (χ1) is 9.76. The Labute approximate surface area is 122 Å². The molecule has 110 valence electrons. The summed E-state index contributed by atoms with van der Waals surface area (Å²) in [7, 11) is 0. The lowest BCUT2D eigenvalue weighted by molar-refractivity contribution is 0.254. The third-order valence-corrected chi connectivity index (χ3v) is 4.57. The molecule has 3 nitrogen and oxygen atoms in total. The third kappa shape index (κ3) is 2.93. The fourth-order valence-corrected chi connectivity index (χ4v) is 3.42. The van der Waals surface area contributed by atoms with E-state index in [9.17, 15) is 0 Å². The van der Waals surface area contributed by atoms with E-state index in [0.717, 1.165) is 24.7 Å². The predicted molar refractivity (Wildman–Crippen MR) is 83.5 cm³/mol. The molecule has 3 heteroatoms. The van der Waals surface area contributed by atoms with Crippen molar-refractivity contribution in [1.29, 1.82) is 0 Å². The fourth-order valence-electron chi connectivity index (χ4n) is 3.42. The van der Waals surface area contributed by atoms with E-state index in [0.29, 0.717) is 6.04 Å². The fraction of sp³-hybridized carbons (Fsp3) is 0.647. The van der Waals surface area contributed by atoms with Gasteiger partial charge < -0.3 is 15.0 Å². The molecular formula is C17H26N2O. The molecule has 0 aromatic heterocycles. The Morgan fingerprint density at radius 2 is 2.15 bits per heavy atom. The second kappa shape index (κ2) is 6.04. The maximum atomic E-state index is 5.92. The first-order valence-electron chi connectivity index (χ1n) is 7.98. The minimum atomic E-state index is 0.612. The molecule has 0 saturated carbocycles. The number of aryl methyl sites for hydroxylation is 1. The van der Waals surface area contributed by atoms with Gasteiger partial charge in [0.15, 0.2) is 0 Å². The number of rotatable bonds is 5. The summed E-state index contributed by atoms with van der Waals surface area (Å²) >= 11 is 0. The average Bonchev–Trinajstić information content (AvgIpc) is 2.84. The summed E-state index contributed by atoms with van der Waals surface area (Å²) in [6.07, 6.45) is 3.65. The molecule has 3 unspecified atom stereocenters. The molecule has 1 N–H and O–H groups in total. The number of hydrogen-bond donors (Lipinski definition) is 1. The van der Waals surface area contributed by atoms with Crippen molar-refractivity contribution in [2.24, 2.45) is 5.92 Å². The Morgan fingerprint density at radius 1 is 1.30 bits per heavy atom. The van der Waals surface area contributed by atoms with E-state index < -0.39 is 0 Å². The minimum Gasteiger partial charge on any atom is -0.491 e. The van der Waals surface area contributed by atoms with Crippen LogP contribution in [0.2, 0.25) is 0 Å². The second-order valence-corrected chi connectivity index (χ2v) is 6.24. The first kappa shape index (κ1) is 13.7. The number of benzene rings is 1. The molecule has 0 aliphatic carbocycles. The first-order valence-corrected chi connectivity index (χ1v) is 7.98. The predicted octanol–water partition coefficient (Wildman–Crippen LogP) is 3.29. The summed E-state index contributed by atoms with van der Waals surface area (Å²) in [5.41, 5.74) is 2.44. The summed E-state index contributed by atoms with van der Waals surface area (Å²) < 4.78 is 5.92. The van der Waals surface area contributed by atoms with Crippen LogP contribution in [0, 0.1) is 12.8 Å². The molecule has 2 fully saturated rings. The summed E-state index contributed by atoms with van der Waals surface area (Å²) in [5.74, 6) is 1.83. The van der Waals surface area contributed by atoms with Gasteiger partial charge in [0.05, 0.1) is 12.3 Å².